The molecule has 186 valence electrons. The summed E-state index contributed by atoms with van der Waals surface area (Å²) in [6.45, 7) is 14.4. The van der Waals surface area contributed by atoms with Crippen molar-refractivity contribution in [2.45, 2.75) is 78.2 Å². The average molecular weight is 463 g/mol. The highest BCUT2D eigenvalue weighted by Crippen LogP contribution is 2.24. The van der Waals surface area contributed by atoms with Crippen molar-refractivity contribution in [3.05, 3.63) is 48.0 Å². The van der Waals surface area contributed by atoms with Crippen LogP contribution in [0.15, 0.2) is 42.5 Å². The normalized spacial score (nSPS) is 15.2. The lowest BCUT2D eigenvalue weighted by molar-refractivity contribution is -0.165. The van der Waals surface area contributed by atoms with Crippen molar-refractivity contribution in [2.24, 2.45) is 17.6 Å². The molecule has 1 aromatic carbocycles. The van der Waals surface area contributed by atoms with Gasteiger partial charge in [-0.05, 0) is 45.1 Å². The third-order valence-corrected chi connectivity index (χ3v) is 5.17. The molecule has 33 heavy (non-hydrogen) atoms. The number of amides is 1. The molecular formula is C26H42N2O5. The molecule has 0 aliphatic rings. The van der Waals surface area contributed by atoms with E-state index in [1.54, 1.807) is 20.8 Å². The van der Waals surface area contributed by atoms with Gasteiger partial charge in [-0.25, -0.2) is 0 Å². The summed E-state index contributed by atoms with van der Waals surface area (Å²) in [6.07, 6.45) is 0.744. The number of esters is 1. The number of nitrogens with two attached hydrogens (primary N) is 1. The summed E-state index contributed by atoms with van der Waals surface area (Å²) in [5, 5.41) is 13.7. The monoisotopic (exact) mass is 462 g/mol. The highest BCUT2D eigenvalue weighted by molar-refractivity contribution is 5.94. The van der Waals surface area contributed by atoms with Crippen LogP contribution in [-0.2, 0) is 25.7 Å². The van der Waals surface area contributed by atoms with E-state index in [4.69, 9.17) is 15.2 Å². The zero-order valence-electron chi connectivity index (χ0n) is 20.8. The number of unbranched alkanes of at least 4 members (excludes halogenated alkanes) is 1. The SMILES string of the molecule is C=C(C(=O)NCCCC)C(N)[C@H](O)[C@H](C[C@@H](C)COCc1ccccc1)C(=O)OC(C)(C)C. The van der Waals surface area contributed by atoms with Crippen LogP contribution in [0.2, 0.25) is 0 Å². The second-order valence-electron chi connectivity index (χ2n) is 9.63. The van der Waals surface area contributed by atoms with Gasteiger partial charge in [-0.3, -0.25) is 9.59 Å². The van der Waals surface area contributed by atoms with Crippen LogP contribution in [0.3, 0.4) is 0 Å². The summed E-state index contributed by atoms with van der Waals surface area (Å²) in [4.78, 5) is 25.3. The Balaban J connectivity index is 2.81. The summed E-state index contributed by atoms with van der Waals surface area (Å²) in [5.41, 5.74) is 6.55. The number of hydrogen-bond donors (Lipinski definition) is 3. The molecule has 1 unspecified atom stereocenters. The quantitative estimate of drug-likeness (QED) is 0.222. The maximum Gasteiger partial charge on any atom is 0.312 e. The first-order valence-electron chi connectivity index (χ1n) is 11.7. The Hall–Kier alpha value is -2.22. The van der Waals surface area contributed by atoms with Crippen molar-refractivity contribution in [3.63, 3.8) is 0 Å². The minimum absolute atomic E-state index is 0.0418. The highest BCUT2D eigenvalue weighted by atomic mass is 16.6. The van der Waals surface area contributed by atoms with Gasteiger partial charge in [0.25, 0.3) is 0 Å². The topological polar surface area (TPSA) is 111 Å². The lowest BCUT2D eigenvalue weighted by Crippen LogP contribution is -2.49. The Kier molecular flexibility index (Phi) is 12.3. The van der Waals surface area contributed by atoms with E-state index in [1.807, 2.05) is 44.2 Å². The van der Waals surface area contributed by atoms with Crippen molar-refractivity contribution in [1.82, 2.24) is 5.32 Å². The van der Waals surface area contributed by atoms with E-state index in [-0.39, 0.29) is 11.5 Å². The van der Waals surface area contributed by atoms with Crippen molar-refractivity contribution < 1.29 is 24.2 Å². The lowest BCUT2D eigenvalue weighted by atomic mass is 9.85. The predicted molar refractivity (Wildman–Crippen MR) is 130 cm³/mol. The second-order valence-corrected chi connectivity index (χ2v) is 9.63. The molecular weight excluding hydrogens is 420 g/mol. The number of carbonyl (C=O) groups is 2. The maximum atomic E-state index is 12.9. The zero-order chi connectivity index (χ0) is 25.0. The number of aliphatic hydroxyl groups is 1. The molecule has 0 bridgehead atoms. The summed E-state index contributed by atoms with van der Waals surface area (Å²) < 4.78 is 11.3. The number of nitrogens with one attached hydrogen (secondary N) is 1. The molecule has 4 N–H and O–H groups in total. The number of hydrogen-bond acceptors (Lipinski definition) is 6. The molecule has 7 nitrogen and oxygen atoms in total. The first-order chi connectivity index (χ1) is 15.5. The largest absolute Gasteiger partial charge is 0.460 e. The van der Waals surface area contributed by atoms with E-state index in [1.165, 1.54) is 0 Å². The minimum atomic E-state index is -1.32. The van der Waals surface area contributed by atoms with Gasteiger partial charge in [0.1, 0.15) is 5.60 Å². The van der Waals surface area contributed by atoms with E-state index in [0.29, 0.717) is 26.2 Å². The van der Waals surface area contributed by atoms with E-state index >= 15 is 0 Å². The summed E-state index contributed by atoms with van der Waals surface area (Å²) in [7, 11) is 0. The van der Waals surface area contributed by atoms with Gasteiger partial charge in [0.2, 0.25) is 5.91 Å². The molecule has 4 atom stereocenters. The first kappa shape index (κ1) is 28.8. The molecule has 7 heteroatoms. The Morgan fingerprint density at radius 1 is 1.21 bits per heavy atom. The van der Waals surface area contributed by atoms with E-state index in [0.717, 1.165) is 18.4 Å². The third kappa shape index (κ3) is 11.0. The molecule has 0 aromatic heterocycles. The van der Waals surface area contributed by atoms with Gasteiger partial charge >= 0.3 is 5.97 Å². The molecule has 0 aliphatic carbocycles. The van der Waals surface area contributed by atoms with Gasteiger partial charge < -0.3 is 25.6 Å². The Morgan fingerprint density at radius 2 is 1.85 bits per heavy atom. The van der Waals surface area contributed by atoms with E-state index < -0.39 is 35.5 Å². The van der Waals surface area contributed by atoms with Crippen LogP contribution in [-0.4, -0.2) is 47.9 Å². The number of benzene rings is 1. The molecule has 1 rings (SSSR count). The average Bonchev–Trinajstić information content (AvgIpc) is 2.75. The Morgan fingerprint density at radius 3 is 2.42 bits per heavy atom. The van der Waals surface area contributed by atoms with Crippen LogP contribution in [0.1, 0.15) is 59.4 Å². The second kappa shape index (κ2) is 14.1. The summed E-state index contributed by atoms with van der Waals surface area (Å²) in [5.74, 6) is -1.95. The smallest absolute Gasteiger partial charge is 0.312 e. The zero-order valence-corrected chi connectivity index (χ0v) is 20.8. The van der Waals surface area contributed by atoms with Crippen LogP contribution in [0.5, 0.6) is 0 Å². The van der Waals surface area contributed by atoms with Gasteiger partial charge in [0, 0.05) is 18.7 Å². The Labute approximate surface area is 198 Å². The fraction of sp³-hybridized carbons (Fsp3) is 0.615. The number of rotatable bonds is 14. The van der Waals surface area contributed by atoms with Gasteiger partial charge in [0.05, 0.1) is 24.7 Å². The molecule has 0 fully saturated rings. The van der Waals surface area contributed by atoms with Gasteiger partial charge in [0.15, 0.2) is 0 Å². The Bertz CT molecular complexity index is 745. The molecule has 0 saturated heterocycles. The van der Waals surface area contributed by atoms with Gasteiger partial charge in [-0.15, -0.1) is 0 Å². The summed E-state index contributed by atoms with van der Waals surface area (Å²) >= 11 is 0. The summed E-state index contributed by atoms with van der Waals surface area (Å²) in [6, 6.07) is 8.71. The lowest BCUT2D eigenvalue weighted by Gasteiger charge is -2.31. The predicted octanol–water partition coefficient (Wildman–Crippen LogP) is 3.35. The van der Waals surface area contributed by atoms with Crippen LogP contribution in [0.4, 0.5) is 0 Å². The maximum absolute atomic E-state index is 12.9. The molecule has 0 saturated carbocycles. The van der Waals surface area contributed by atoms with Crippen LogP contribution in [0.25, 0.3) is 0 Å². The molecule has 0 heterocycles. The molecule has 1 amide bonds. The fourth-order valence-corrected chi connectivity index (χ4v) is 3.31. The van der Waals surface area contributed by atoms with Crippen molar-refractivity contribution >= 4 is 11.9 Å². The fourth-order valence-electron chi connectivity index (χ4n) is 3.31. The van der Waals surface area contributed by atoms with Gasteiger partial charge in [-0.1, -0.05) is 57.2 Å². The molecule has 0 radical (unpaired) electrons. The molecule has 0 spiro atoms. The van der Waals surface area contributed by atoms with Crippen LogP contribution >= 0.6 is 0 Å². The van der Waals surface area contributed by atoms with Crippen molar-refractivity contribution in [3.8, 4) is 0 Å². The third-order valence-electron chi connectivity index (χ3n) is 5.17. The highest BCUT2D eigenvalue weighted by Gasteiger charge is 2.37. The van der Waals surface area contributed by atoms with Crippen LogP contribution < -0.4 is 11.1 Å². The van der Waals surface area contributed by atoms with Crippen LogP contribution in [0, 0.1) is 11.8 Å². The number of aliphatic hydroxyl groups excluding tert-OH is 1. The first-order valence-corrected chi connectivity index (χ1v) is 11.7. The minimum Gasteiger partial charge on any atom is -0.460 e. The van der Waals surface area contributed by atoms with E-state index in [9.17, 15) is 14.7 Å². The number of carbonyl (C=O) groups excluding carboxylic acids is 2. The molecule has 0 aliphatic heterocycles. The standard InChI is InChI=1S/C26H42N2O5/c1-7-8-14-28-24(30)19(3)22(27)23(29)21(25(31)33-26(4,5)6)15-18(2)16-32-17-20-12-10-9-11-13-20/h9-13,18,21-23,29H,3,7-8,14-17,27H2,1-2,4-6H3,(H,28,30)/t18-,21+,22?,23-/m1/s1. The van der Waals surface area contributed by atoms with Crippen molar-refractivity contribution in [2.75, 3.05) is 13.2 Å². The number of ether oxygens (including phenoxy) is 2. The van der Waals surface area contributed by atoms with Crippen molar-refractivity contribution in [1.29, 1.82) is 0 Å². The molecule has 1 aromatic rings. The van der Waals surface area contributed by atoms with E-state index in [2.05, 4.69) is 11.9 Å². The van der Waals surface area contributed by atoms with Gasteiger partial charge in [-0.2, -0.15) is 0 Å².